The van der Waals surface area contributed by atoms with Crippen LogP contribution in [0, 0.1) is 0 Å². The van der Waals surface area contributed by atoms with Crippen LogP contribution in [0.2, 0.25) is 0 Å². The molecule has 1 unspecified atom stereocenters. The number of carbonyl (C=O) groups is 1. The van der Waals surface area contributed by atoms with Gasteiger partial charge in [-0.1, -0.05) is 18.1 Å². The predicted molar refractivity (Wildman–Crippen MR) is 53.1 cm³/mol. The standard InChI is InChI=1S/C11H11NO2/c1-8(4-5-13)9-2-3-10-7-12-14-11(10)6-9/h2-3,5-8H,4H2,1H3. The molecule has 2 aromatic rings. The minimum absolute atomic E-state index is 0.238. The van der Waals surface area contributed by atoms with Crippen molar-refractivity contribution in [2.75, 3.05) is 0 Å². The summed E-state index contributed by atoms with van der Waals surface area (Å²) in [4.78, 5) is 10.4. The molecule has 0 bridgehead atoms. The number of hydrogen-bond acceptors (Lipinski definition) is 3. The van der Waals surface area contributed by atoms with Crippen molar-refractivity contribution in [3.05, 3.63) is 30.0 Å². The zero-order valence-corrected chi connectivity index (χ0v) is 7.93. The van der Waals surface area contributed by atoms with Crippen molar-refractivity contribution >= 4 is 17.3 Å². The van der Waals surface area contributed by atoms with Crippen LogP contribution in [-0.4, -0.2) is 11.4 Å². The molecule has 1 heterocycles. The Balaban J connectivity index is 2.38. The summed E-state index contributed by atoms with van der Waals surface area (Å²) >= 11 is 0. The summed E-state index contributed by atoms with van der Waals surface area (Å²) in [7, 11) is 0. The largest absolute Gasteiger partial charge is 0.356 e. The average Bonchev–Trinajstić information content (AvgIpc) is 2.64. The Morgan fingerprint density at radius 1 is 1.57 bits per heavy atom. The van der Waals surface area contributed by atoms with Gasteiger partial charge in [-0.15, -0.1) is 0 Å². The lowest BCUT2D eigenvalue weighted by Crippen LogP contribution is -1.93. The Bertz CT molecular complexity index is 447. The van der Waals surface area contributed by atoms with Crippen LogP contribution >= 0.6 is 0 Å². The lowest BCUT2D eigenvalue weighted by molar-refractivity contribution is -0.108. The van der Waals surface area contributed by atoms with Crippen LogP contribution < -0.4 is 0 Å². The smallest absolute Gasteiger partial charge is 0.167 e. The van der Waals surface area contributed by atoms with Crippen LogP contribution in [0.3, 0.4) is 0 Å². The minimum Gasteiger partial charge on any atom is -0.356 e. The quantitative estimate of drug-likeness (QED) is 0.697. The van der Waals surface area contributed by atoms with Gasteiger partial charge in [0.15, 0.2) is 5.58 Å². The first-order chi connectivity index (χ1) is 6.81. The molecule has 0 aliphatic carbocycles. The first-order valence-corrected chi connectivity index (χ1v) is 4.59. The molecule has 1 aromatic heterocycles. The number of carbonyl (C=O) groups excluding carboxylic acids is 1. The molecule has 0 aliphatic heterocycles. The topological polar surface area (TPSA) is 43.1 Å². The second-order valence-corrected chi connectivity index (χ2v) is 3.43. The molecule has 2 rings (SSSR count). The van der Waals surface area contributed by atoms with Gasteiger partial charge < -0.3 is 9.32 Å². The van der Waals surface area contributed by atoms with Crippen LogP contribution in [0.1, 0.15) is 24.8 Å². The third-order valence-corrected chi connectivity index (χ3v) is 2.40. The Kier molecular flexibility index (Phi) is 2.31. The summed E-state index contributed by atoms with van der Waals surface area (Å²) in [5.41, 5.74) is 1.89. The van der Waals surface area contributed by atoms with E-state index in [-0.39, 0.29) is 5.92 Å². The van der Waals surface area contributed by atoms with Gasteiger partial charge in [0.25, 0.3) is 0 Å². The highest BCUT2D eigenvalue weighted by molar-refractivity contribution is 5.76. The maximum Gasteiger partial charge on any atom is 0.167 e. The lowest BCUT2D eigenvalue weighted by Gasteiger charge is -2.06. The molecule has 0 radical (unpaired) electrons. The first-order valence-electron chi connectivity index (χ1n) is 4.59. The van der Waals surface area contributed by atoms with E-state index < -0.39 is 0 Å². The van der Waals surface area contributed by atoms with Crippen LogP contribution in [-0.2, 0) is 4.79 Å². The van der Waals surface area contributed by atoms with Crippen molar-refractivity contribution in [1.29, 1.82) is 0 Å². The normalized spacial score (nSPS) is 12.9. The van der Waals surface area contributed by atoms with Gasteiger partial charge in [-0.2, -0.15) is 0 Å². The molecule has 3 heteroatoms. The summed E-state index contributed by atoms with van der Waals surface area (Å²) in [6, 6.07) is 5.91. The fourth-order valence-electron chi connectivity index (χ4n) is 1.46. The molecule has 3 nitrogen and oxygen atoms in total. The van der Waals surface area contributed by atoms with E-state index in [9.17, 15) is 4.79 Å². The van der Waals surface area contributed by atoms with Gasteiger partial charge in [0.05, 0.1) is 6.20 Å². The summed E-state index contributed by atoms with van der Waals surface area (Å²) in [5, 5.41) is 4.70. The van der Waals surface area contributed by atoms with E-state index in [0.29, 0.717) is 6.42 Å². The fraction of sp³-hybridized carbons (Fsp3) is 0.273. The summed E-state index contributed by atoms with van der Waals surface area (Å²) in [6.45, 7) is 2.02. The maximum atomic E-state index is 10.4. The van der Waals surface area contributed by atoms with E-state index in [1.54, 1.807) is 6.20 Å². The van der Waals surface area contributed by atoms with Gasteiger partial charge in [0, 0.05) is 11.8 Å². The molecule has 14 heavy (non-hydrogen) atoms. The van der Waals surface area contributed by atoms with Crippen molar-refractivity contribution < 1.29 is 9.32 Å². The molecule has 0 N–H and O–H groups in total. The molecular formula is C11H11NO2. The number of benzene rings is 1. The molecule has 0 spiro atoms. The Morgan fingerprint density at radius 3 is 3.21 bits per heavy atom. The highest BCUT2D eigenvalue weighted by Crippen LogP contribution is 2.22. The number of rotatable bonds is 3. The highest BCUT2D eigenvalue weighted by atomic mass is 16.5. The molecule has 72 valence electrons. The summed E-state index contributed by atoms with van der Waals surface area (Å²) < 4.78 is 5.05. The summed E-state index contributed by atoms with van der Waals surface area (Å²) in [5.74, 6) is 0.238. The molecule has 0 saturated heterocycles. The molecule has 0 saturated carbocycles. The Hall–Kier alpha value is -1.64. The van der Waals surface area contributed by atoms with Crippen molar-refractivity contribution in [3.63, 3.8) is 0 Å². The summed E-state index contributed by atoms with van der Waals surface area (Å²) in [6.07, 6.45) is 3.17. The number of hydrogen-bond donors (Lipinski definition) is 0. The number of aldehydes is 1. The SMILES string of the molecule is CC(CC=O)c1ccc2cnoc2c1. The van der Waals surface area contributed by atoms with Crippen LogP contribution in [0.4, 0.5) is 0 Å². The third-order valence-electron chi connectivity index (χ3n) is 2.40. The molecule has 1 aromatic carbocycles. The van der Waals surface area contributed by atoms with Gasteiger partial charge in [0.2, 0.25) is 0 Å². The third kappa shape index (κ3) is 1.53. The van der Waals surface area contributed by atoms with E-state index in [4.69, 9.17) is 4.52 Å². The van der Waals surface area contributed by atoms with Crippen LogP contribution in [0.25, 0.3) is 11.0 Å². The highest BCUT2D eigenvalue weighted by Gasteiger charge is 2.06. The van der Waals surface area contributed by atoms with Crippen LogP contribution in [0.5, 0.6) is 0 Å². The van der Waals surface area contributed by atoms with E-state index in [2.05, 4.69) is 5.16 Å². The Morgan fingerprint density at radius 2 is 2.43 bits per heavy atom. The molecule has 1 atom stereocenters. The van der Waals surface area contributed by atoms with Gasteiger partial charge in [-0.25, -0.2) is 0 Å². The minimum atomic E-state index is 0.238. The Labute approximate surface area is 81.7 Å². The van der Waals surface area contributed by atoms with Gasteiger partial charge >= 0.3 is 0 Å². The van der Waals surface area contributed by atoms with Crippen molar-refractivity contribution in [3.8, 4) is 0 Å². The van der Waals surface area contributed by atoms with E-state index in [1.807, 2.05) is 25.1 Å². The van der Waals surface area contributed by atoms with Crippen molar-refractivity contribution in [2.24, 2.45) is 0 Å². The monoisotopic (exact) mass is 189 g/mol. The predicted octanol–water partition coefficient (Wildman–Crippen LogP) is 2.52. The number of nitrogens with zero attached hydrogens (tertiary/aromatic N) is 1. The molecule has 0 amide bonds. The zero-order valence-electron chi connectivity index (χ0n) is 7.93. The second-order valence-electron chi connectivity index (χ2n) is 3.43. The number of aromatic nitrogens is 1. The van der Waals surface area contributed by atoms with Gasteiger partial charge in [-0.05, 0) is 23.6 Å². The van der Waals surface area contributed by atoms with Gasteiger partial charge in [0.1, 0.15) is 6.29 Å². The van der Waals surface area contributed by atoms with Crippen molar-refractivity contribution in [2.45, 2.75) is 19.3 Å². The second kappa shape index (κ2) is 3.62. The van der Waals surface area contributed by atoms with E-state index in [0.717, 1.165) is 22.8 Å². The molecule has 0 fully saturated rings. The number of fused-ring (bicyclic) bond motifs is 1. The zero-order chi connectivity index (χ0) is 9.97. The van der Waals surface area contributed by atoms with E-state index >= 15 is 0 Å². The average molecular weight is 189 g/mol. The molecular weight excluding hydrogens is 178 g/mol. The van der Waals surface area contributed by atoms with Crippen LogP contribution in [0.15, 0.2) is 28.9 Å². The van der Waals surface area contributed by atoms with Crippen molar-refractivity contribution in [1.82, 2.24) is 5.16 Å². The van der Waals surface area contributed by atoms with Gasteiger partial charge in [-0.3, -0.25) is 0 Å². The lowest BCUT2D eigenvalue weighted by atomic mass is 9.98. The molecule has 0 aliphatic rings. The van der Waals surface area contributed by atoms with E-state index in [1.165, 1.54) is 0 Å². The first kappa shape index (κ1) is 8.94. The maximum absolute atomic E-state index is 10.4. The fourth-order valence-corrected chi connectivity index (χ4v) is 1.46.